The molecule has 0 saturated heterocycles. The van der Waals surface area contributed by atoms with Crippen LogP contribution in [0.5, 0.6) is 0 Å². The van der Waals surface area contributed by atoms with Crippen molar-refractivity contribution in [2.75, 3.05) is 37.1 Å². The normalized spacial score (nSPS) is 12.0. The van der Waals surface area contributed by atoms with Crippen LogP contribution in [-0.2, 0) is 14.6 Å². The quantitative estimate of drug-likeness (QED) is 0.780. The zero-order valence-electron chi connectivity index (χ0n) is 12.3. The van der Waals surface area contributed by atoms with Crippen LogP contribution >= 0.6 is 11.3 Å². The highest BCUT2D eigenvalue weighted by Crippen LogP contribution is 2.29. The summed E-state index contributed by atoms with van der Waals surface area (Å²) in [5.74, 6) is 1.58. The summed E-state index contributed by atoms with van der Waals surface area (Å²) in [6, 6.07) is 0. The largest absolute Gasteiger partial charge is 0.379 e. The molecule has 0 bridgehead atoms. The molecule has 0 aliphatic carbocycles. The third-order valence-electron chi connectivity index (χ3n) is 2.87. The SMILES string of the molecule is Cc1nc(NCCOCCS(C)(=O)=O)c2c(C)csc2n1. The number of sulfone groups is 1. The zero-order chi connectivity index (χ0) is 15.5. The third kappa shape index (κ3) is 4.62. The Balaban J connectivity index is 1.90. The first-order valence-electron chi connectivity index (χ1n) is 6.58. The van der Waals surface area contributed by atoms with Gasteiger partial charge in [-0.25, -0.2) is 18.4 Å². The van der Waals surface area contributed by atoms with Crippen LogP contribution in [0.4, 0.5) is 5.82 Å². The molecule has 1 N–H and O–H groups in total. The number of aromatic nitrogens is 2. The summed E-state index contributed by atoms with van der Waals surface area (Å²) in [6.07, 6.45) is 1.20. The summed E-state index contributed by atoms with van der Waals surface area (Å²) in [6.45, 7) is 5.12. The van der Waals surface area contributed by atoms with Gasteiger partial charge in [-0.1, -0.05) is 0 Å². The van der Waals surface area contributed by atoms with Crippen molar-refractivity contribution in [2.45, 2.75) is 13.8 Å². The molecule has 0 atom stereocenters. The highest BCUT2D eigenvalue weighted by Gasteiger charge is 2.10. The summed E-state index contributed by atoms with van der Waals surface area (Å²) in [5.41, 5.74) is 1.15. The highest BCUT2D eigenvalue weighted by atomic mass is 32.2. The number of hydrogen-bond acceptors (Lipinski definition) is 7. The number of rotatable bonds is 7. The molecule has 0 spiro atoms. The molecule has 0 aliphatic heterocycles. The van der Waals surface area contributed by atoms with Gasteiger partial charge in [-0.3, -0.25) is 0 Å². The Morgan fingerprint density at radius 1 is 1.29 bits per heavy atom. The van der Waals surface area contributed by atoms with Crippen molar-refractivity contribution in [3.05, 3.63) is 16.8 Å². The minimum absolute atomic E-state index is 0.0491. The van der Waals surface area contributed by atoms with E-state index >= 15 is 0 Å². The van der Waals surface area contributed by atoms with Gasteiger partial charge in [0.2, 0.25) is 0 Å². The second-order valence-corrected chi connectivity index (χ2v) is 8.01. The molecule has 2 rings (SSSR count). The molecule has 0 amide bonds. The van der Waals surface area contributed by atoms with Gasteiger partial charge in [0.1, 0.15) is 26.3 Å². The lowest BCUT2D eigenvalue weighted by atomic mass is 10.2. The summed E-state index contributed by atoms with van der Waals surface area (Å²) in [4.78, 5) is 9.81. The van der Waals surface area contributed by atoms with E-state index < -0.39 is 9.84 Å². The predicted molar refractivity (Wildman–Crippen MR) is 85.9 cm³/mol. The monoisotopic (exact) mass is 329 g/mol. The number of anilines is 1. The predicted octanol–water partition coefficient (Wildman–Crippen LogP) is 1.78. The van der Waals surface area contributed by atoms with Crippen LogP contribution in [0.25, 0.3) is 10.2 Å². The van der Waals surface area contributed by atoms with E-state index in [1.165, 1.54) is 6.26 Å². The second kappa shape index (κ2) is 6.67. The van der Waals surface area contributed by atoms with E-state index in [-0.39, 0.29) is 12.4 Å². The van der Waals surface area contributed by atoms with E-state index in [0.717, 1.165) is 27.4 Å². The maximum Gasteiger partial charge on any atom is 0.149 e. The Bertz CT molecular complexity index is 726. The third-order valence-corrected chi connectivity index (χ3v) is 4.76. The highest BCUT2D eigenvalue weighted by molar-refractivity contribution is 7.90. The van der Waals surface area contributed by atoms with Crippen molar-refractivity contribution in [3.63, 3.8) is 0 Å². The molecule has 8 heteroatoms. The molecule has 0 unspecified atom stereocenters. The molecular formula is C13H19N3O3S2. The molecule has 0 fully saturated rings. The van der Waals surface area contributed by atoms with Gasteiger partial charge in [-0.2, -0.15) is 0 Å². The lowest BCUT2D eigenvalue weighted by Crippen LogP contribution is -2.15. The molecule has 116 valence electrons. The summed E-state index contributed by atoms with van der Waals surface area (Å²) < 4.78 is 27.2. The standard InChI is InChI=1S/C13H19N3O3S2/c1-9-8-20-13-11(9)12(15-10(2)16-13)14-4-5-19-6-7-21(3,17)18/h8H,4-7H2,1-3H3,(H,14,15,16). The molecule has 2 aromatic heterocycles. The van der Waals surface area contributed by atoms with E-state index in [9.17, 15) is 8.42 Å². The van der Waals surface area contributed by atoms with Crippen LogP contribution in [0, 0.1) is 13.8 Å². The molecular weight excluding hydrogens is 310 g/mol. The Labute approximate surface area is 128 Å². The summed E-state index contributed by atoms with van der Waals surface area (Å²) in [5, 5.41) is 6.34. The number of hydrogen-bond donors (Lipinski definition) is 1. The minimum atomic E-state index is -2.96. The molecule has 2 aromatic rings. The minimum Gasteiger partial charge on any atom is -0.379 e. The molecule has 0 saturated carbocycles. The van der Waals surface area contributed by atoms with E-state index in [0.29, 0.717) is 13.2 Å². The van der Waals surface area contributed by atoms with Crippen molar-refractivity contribution in [2.24, 2.45) is 0 Å². The lowest BCUT2D eigenvalue weighted by Gasteiger charge is -2.09. The maximum atomic E-state index is 11.0. The summed E-state index contributed by atoms with van der Waals surface area (Å²) >= 11 is 1.60. The van der Waals surface area contributed by atoms with E-state index in [1.807, 2.05) is 13.8 Å². The van der Waals surface area contributed by atoms with Gasteiger partial charge in [0.05, 0.1) is 24.4 Å². The zero-order valence-corrected chi connectivity index (χ0v) is 14.0. The molecule has 21 heavy (non-hydrogen) atoms. The number of fused-ring (bicyclic) bond motifs is 1. The topological polar surface area (TPSA) is 81.2 Å². The number of aryl methyl sites for hydroxylation is 2. The van der Waals surface area contributed by atoms with E-state index in [2.05, 4.69) is 20.7 Å². The van der Waals surface area contributed by atoms with Crippen LogP contribution in [0.1, 0.15) is 11.4 Å². The number of nitrogens with zero attached hydrogens (tertiary/aromatic N) is 2. The average Bonchev–Trinajstić information content (AvgIpc) is 2.73. The fraction of sp³-hybridized carbons (Fsp3) is 0.538. The van der Waals surface area contributed by atoms with Gasteiger partial charge in [0.25, 0.3) is 0 Å². The average molecular weight is 329 g/mol. The Hall–Kier alpha value is -1.25. The van der Waals surface area contributed by atoms with Crippen molar-refractivity contribution in [1.29, 1.82) is 0 Å². The van der Waals surface area contributed by atoms with Crippen molar-refractivity contribution in [1.82, 2.24) is 9.97 Å². The van der Waals surface area contributed by atoms with E-state index in [1.54, 1.807) is 11.3 Å². The molecule has 6 nitrogen and oxygen atoms in total. The lowest BCUT2D eigenvalue weighted by molar-refractivity contribution is 0.159. The fourth-order valence-electron chi connectivity index (χ4n) is 1.87. The molecule has 0 aromatic carbocycles. The first-order valence-corrected chi connectivity index (χ1v) is 9.52. The molecule has 0 radical (unpaired) electrons. The smallest absolute Gasteiger partial charge is 0.149 e. The number of thiophene rings is 1. The molecule has 0 aliphatic rings. The van der Waals surface area contributed by atoms with Crippen LogP contribution in [0.3, 0.4) is 0 Å². The maximum absolute atomic E-state index is 11.0. The van der Waals surface area contributed by atoms with Crippen LogP contribution in [0.15, 0.2) is 5.38 Å². The Morgan fingerprint density at radius 3 is 2.76 bits per heavy atom. The van der Waals surface area contributed by atoms with Gasteiger partial charge in [-0.15, -0.1) is 11.3 Å². The Morgan fingerprint density at radius 2 is 2.05 bits per heavy atom. The first kappa shape index (κ1) is 16.1. The Kier molecular flexibility index (Phi) is 5.13. The van der Waals surface area contributed by atoms with Gasteiger partial charge in [0.15, 0.2) is 0 Å². The van der Waals surface area contributed by atoms with Crippen molar-refractivity contribution in [3.8, 4) is 0 Å². The fourth-order valence-corrected chi connectivity index (χ4v) is 3.26. The second-order valence-electron chi connectivity index (χ2n) is 4.89. The van der Waals surface area contributed by atoms with Crippen molar-refractivity contribution < 1.29 is 13.2 Å². The van der Waals surface area contributed by atoms with Crippen LogP contribution in [0.2, 0.25) is 0 Å². The number of ether oxygens (including phenoxy) is 1. The van der Waals surface area contributed by atoms with E-state index in [4.69, 9.17) is 4.74 Å². The van der Waals surface area contributed by atoms with Crippen LogP contribution in [-0.4, -0.2) is 50.2 Å². The number of nitrogens with one attached hydrogen (secondary N) is 1. The van der Waals surface area contributed by atoms with Gasteiger partial charge >= 0.3 is 0 Å². The first-order chi connectivity index (χ1) is 9.87. The van der Waals surface area contributed by atoms with Gasteiger partial charge in [-0.05, 0) is 24.8 Å². The van der Waals surface area contributed by atoms with Crippen molar-refractivity contribution >= 4 is 37.2 Å². The van der Waals surface area contributed by atoms with Gasteiger partial charge < -0.3 is 10.1 Å². The molecule has 2 heterocycles. The summed E-state index contributed by atoms with van der Waals surface area (Å²) in [7, 11) is -2.96. The van der Waals surface area contributed by atoms with Crippen LogP contribution < -0.4 is 5.32 Å². The van der Waals surface area contributed by atoms with Gasteiger partial charge in [0, 0.05) is 12.8 Å².